The maximum Gasteiger partial charge on any atom is 0.263 e. The minimum absolute atomic E-state index is 0.0336. The van der Waals surface area contributed by atoms with Crippen molar-refractivity contribution >= 4 is 5.91 Å². The number of benzene rings is 2. The third-order valence-electron chi connectivity index (χ3n) is 4.34. The van der Waals surface area contributed by atoms with Gasteiger partial charge in [0, 0.05) is 13.5 Å². The van der Waals surface area contributed by atoms with E-state index in [0.29, 0.717) is 19.6 Å². The van der Waals surface area contributed by atoms with Gasteiger partial charge in [0.2, 0.25) is 0 Å². The molecule has 0 spiro atoms. The van der Waals surface area contributed by atoms with Gasteiger partial charge in [-0.1, -0.05) is 30.3 Å². The Morgan fingerprint density at radius 2 is 1.75 bits per heavy atom. The van der Waals surface area contributed by atoms with Gasteiger partial charge in [-0.25, -0.2) is 0 Å². The molecule has 2 unspecified atom stereocenters. The van der Waals surface area contributed by atoms with E-state index in [1.54, 1.807) is 11.9 Å². The molecule has 0 fully saturated rings. The lowest BCUT2D eigenvalue weighted by Gasteiger charge is -2.30. The second-order valence-electron chi connectivity index (χ2n) is 6.13. The number of hydrogen-bond donors (Lipinski definition) is 0. The molecule has 0 bridgehead atoms. The quantitative estimate of drug-likeness (QED) is 0.869. The molecule has 2 aromatic carbocycles. The zero-order chi connectivity index (χ0) is 16.5. The van der Waals surface area contributed by atoms with Gasteiger partial charge in [-0.3, -0.25) is 4.79 Å². The summed E-state index contributed by atoms with van der Waals surface area (Å²) in [5, 5.41) is 0. The van der Waals surface area contributed by atoms with Crippen LogP contribution < -0.4 is 14.2 Å². The third-order valence-corrected chi connectivity index (χ3v) is 4.34. The molecule has 124 valence electrons. The first-order valence-corrected chi connectivity index (χ1v) is 8.09. The van der Waals surface area contributed by atoms with Crippen molar-refractivity contribution in [1.82, 2.24) is 4.90 Å². The summed E-state index contributed by atoms with van der Waals surface area (Å²) < 4.78 is 17.4. The number of para-hydroxylation sites is 3. The van der Waals surface area contributed by atoms with Crippen molar-refractivity contribution in [2.75, 3.05) is 20.2 Å². The fraction of sp³-hybridized carbons (Fsp3) is 0.316. The average Bonchev–Trinajstić information content (AvgIpc) is 3.05. The van der Waals surface area contributed by atoms with Gasteiger partial charge >= 0.3 is 0 Å². The Hall–Kier alpha value is -2.69. The molecule has 0 N–H and O–H groups in total. The van der Waals surface area contributed by atoms with Gasteiger partial charge in [0.25, 0.3) is 5.91 Å². The van der Waals surface area contributed by atoms with E-state index < -0.39 is 6.10 Å². The van der Waals surface area contributed by atoms with E-state index in [4.69, 9.17) is 14.2 Å². The summed E-state index contributed by atoms with van der Waals surface area (Å²) in [4.78, 5) is 14.3. The molecule has 24 heavy (non-hydrogen) atoms. The van der Waals surface area contributed by atoms with Gasteiger partial charge < -0.3 is 19.1 Å². The molecule has 2 aliphatic heterocycles. The predicted octanol–water partition coefficient (Wildman–Crippen LogP) is 2.29. The average molecular weight is 325 g/mol. The van der Waals surface area contributed by atoms with Crippen LogP contribution in [0.2, 0.25) is 0 Å². The van der Waals surface area contributed by atoms with Gasteiger partial charge in [-0.15, -0.1) is 0 Å². The monoisotopic (exact) mass is 325 g/mol. The second kappa shape index (κ2) is 6.07. The highest BCUT2D eigenvalue weighted by Crippen LogP contribution is 2.31. The van der Waals surface area contributed by atoms with E-state index in [0.717, 1.165) is 22.8 Å². The molecule has 1 amide bonds. The Morgan fingerprint density at radius 3 is 2.54 bits per heavy atom. The Balaban J connectivity index is 1.37. The van der Waals surface area contributed by atoms with E-state index in [-0.39, 0.29) is 12.0 Å². The van der Waals surface area contributed by atoms with Crippen molar-refractivity contribution in [1.29, 1.82) is 0 Å². The molecular formula is C19H19NO4. The SMILES string of the molecule is CN(CC1COc2ccccc2O1)C(=O)C1Cc2ccccc2O1. The normalized spacial score (nSPS) is 20.9. The number of amides is 1. The molecular weight excluding hydrogens is 306 g/mol. The lowest BCUT2D eigenvalue weighted by atomic mass is 10.1. The lowest BCUT2D eigenvalue weighted by Crippen LogP contribution is -2.46. The van der Waals surface area contributed by atoms with Crippen LogP contribution in [0.15, 0.2) is 48.5 Å². The molecule has 2 aromatic rings. The van der Waals surface area contributed by atoms with Crippen molar-refractivity contribution in [3.05, 3.63) is 54.1 Å². The number of rotatable bonds is 3. The number of hydrogen-bond acceptors (Lipinski definition) is 4. The van der Waals surface area contributed by atoms with Gasteiger partial charge in [-0.05, 0) is 23.8 Å². The summed E-state index contributed by atoms with van der Waals surface area (Å²) in [5.41, 5.74) is 1.08. The number of nitrogens with zero attached hydrogens (tertiary/aromatic N) is 1. The highest BCUT2D eigenvalue weighted by atomic mass is 16.6. The van der Waals surface area contributed by atoms with E-state index >= 15 is 0 Å². The predicted molar refractivity (Wildman–Crippen MR) is 88.6 cm³/mol. The maximum atomic E-state index is 12.6. The van der Waals surface area contributed by atoms with Crippen LogP contribution in [-0.2, 0) is 11.2 Å². The largest absolute Gasteiger partial charge is 0.486 e. The second-order valence-corrected chi connectivity index (χ2v) is 6.13. The molecule has 0 saturated heterocycles. The van der Waals surface area contributed by atoms with Crippen molar-refractivity contribution in [3.63, 3.8) is 0 Å². The van der Waals surface area contributed by atoms with Crippen LogP contribution in [0.25, 0.3) is 0 Å². The van der Waals surface area contributed by atoms with Crippen LogP contribution in [0.4, 0.5) is 0 Å². The van der Waals surface area contributed by atoms with Crippen LogP contribution in [0.1, 0.15) is 5.56 Å². The minimum Gasteiger partial charge on any atom is -0.486 e. The zero-order valence-corrected chi connectivity index (χ0v) is 13.5. The highest BCUT2D eigenvalue weighted by Gasteiger charge is 2.32. The third kappa shape index (κ3) is 2.77. The van der Waals surface area contributed by atoms with E-state index in [1.165, 1.54) is 0 Å². The van der Waals surface area contributed by atoms with Gasteiger partial charge in [-0.2, -0.15) is 0 Å². The fourth-order valence-corrected chi connectivity index (χ4v) is 3.11. The molecule has 5 nitrogen and oxygen atoms in total. The smallest absolute Gasteiger partial charge is 0.263 e. The number of carbonyl (C=O) groups is 1. The number of carbonyl (C=O) groups excluding carboxylic acids is 1. The molecule has 5 heteroatoms. The van der Waals surface area contributed by atoms with E-state index in [1.807, 2.05) is 48.5 Å². The summed E-state index contributed by atoms with van der Waals surface area (Å²) in [6.45, 7) is 0.893. The summed E-state index contributed by atoms with van der Waals surface area (Å²) >= 11 is 0. The molecule has 4 rings (SSSR count). The Labute approximate surface area is 140 Å². The van der Waals surface area contributed by atoms with Crippen molar-refractivity contribution in [2.45, 2.75) is 18.6 Å². The van der Waals surface area contributed by atoms with Gasteiger partial charge in [0.05, 0.1) is 6.54 Å². The highest BCUT2D eigenvalue weighted by molar-refractivity contribution is 5.82. The zero-order valence-electron chi connectivity index (χ0n) is 13.5. The van der Waals surface area contributed by atoms with Crippen LogP contribution in [0.5, 0.6) is 17.2 Å². The standard InChI is InChI=1S/C19H19NO4/c1-20(11-14-12-22-16-8-4-5-9-17(16)23-14)19(21)18-10-13-6-2-3-7-15(13)24-18/h2-9,14,18H,10-12H2,1H3. The van der Waals surface area contributed by atoms with Crippen LogP contribution in [0.3, 0.4) is 0 Å². The van der Waals surface area contributed by atoms with Gasteiger partial charge in [0.15, 0.2) is 23.7 Å². The molecule has 0 aliphatic carbocycles. The maximum absolute atomic E-state index is 12.6. The van der Waals surface area contributed by atoms with Gasteiger partial charge in [0.1, 0.15) is 12.4 Å². The summed E-state index contributed by atoms with van der Waals surface area (Å²) in [6, 6.07) is 15.3. The van der Waals surface area contributed by atoms with Crippen LogP contribution >= 0.6 is 0 Å². The molecule has 2 heterocycles. The Kier molecular flexibility index (Phi) is 3.76. The molecule has 0 aromatic heterocycles. The Morgan fingerprint density at radius 1 is 1.04 bits per heavy atom. The summed E-state index contributed by atoms with van der Waals surface area (Å²) in [6.07, 6.45) is -0.0219. The number of likely N-dealkylation sites (N-methyl/N-ethyl adjacent to an activating group) is 1. The first kappa shape index (κ1) is 14.9. The summed E-state index contributed by atoms with van der Waals surface area (Å²) in [5.74, 6) is 2.24. The molecule has 0 radical (unpaired) electrons. The van der Waals surface area contributed by atoms with Crippen molar-refractivity contribution in [2.24, 2.45) is 0 Å². The lowest BCUT2D eigenvalue weighted by molar-refractivity contribution is -0.138. The van der Waals surface area contributed by atoms with Crippen molar-refractivity contribution in [3.8, 4) is 17.2 Å². The Bertz CT molecular complexity index is 736. The molecule has 2 aliphatic rings. The van der Waals surface area contributed by atoms with E-state index in [2.05, 4.69) is 0 Å². The summed E-state index contributed by atoms with van der Waals surface area (Å²) in [7, 11) is 1.78. The number of ether oxygens (including phenoxy) is 3. The molecule has 0 saturated carbocycles. The van der Waals surface area contributed by atoms with Crippen LogP contribution in [-0.4, -0.2) is 43.2 Å². The fourth-order valence-electron chi connectivity index (χ4n) is 3.11. The first-order valence-electron chi connectivity index (χ1n) is 8.09. The number of fused-ring (bicyclic) bond motifs is 2. The van der Waals surface area contributed by atoms with E-state index in [9.17, 15) is 4.79 Å². The minimum atomic E-state index is -0.454. The van der Waals surface area contributed by atoms with Crippen molar-refractivity contribution < 1.29 is 19.0 Å². The topological polar surface area (TPSA) is 48.0 Å². The molecule has 2 atom stereocenters. The first-order chi connectivity index (χ1) is 11.7. The van der Waals surface area contributed by atoms with Crippen LogP contribution in [0, 0.1) is 0 Å².